The fourth-order valence-electron chi connectivity index (χ4n) is 3.93. The second kappa shape index (κ2) is 8.64. The Morgan fingerprint density at radius 1 is 0.931 bits per heavy atom. The van der Waals surface area contributed by atoms with Gasteiger partial charge in [0, 0.05) is 37.0 Å². The van der Waals surface area contributed by atoms with Crippen molar-refractivity contribution in [3.8, 4) is 11.1 Å². The number of carbonyl (C=O) groups excluding carboxylic acids is 1. The second-order valence-corrected chi connectivity index (χ2v) is 7.71. The van der Waals surface area contributed by atoms with Gasteiger partial charge in [-0.15, -0.1) is 0 Å². The summed E-state index contributed by atoms with van der Waals surface area (Å²) in [5.41, 5.74) is 5.85. The Kier molecular flexibility index (Phi) is 6.21. The zero-order chi connectivity index (χ0) is 21.1. The van der Waals surface area contributed by atoms with E-state index in [1.54, 1.807) is 4.57 Å². The number of hydrogen-bond donors (Lipinski definition) is 0. The second-order valence-electron chi connectivity index (χ2n) is 7.71. The van der Waals surface area contributed by atoms with Crippen LogP contribution in [0, 0.1) is 20.8 Å². The van der Waals surface area contributed by atoms with E-state index in [0.717, 1.165) is 33.2 Å². The third kappa shape index (κ3) is 4.26. The minimum Gasteiger partial charge on any atom is -0.343 e. The number of carbonyl (C=O) groups is 1. The fourth-order valence-corrected chi connectivity index (χ4v) is 3.93. The first-order valence-corrected chi connectivity index (χ1v) is 10.3. The van der Waals surface area contributed by atoms with Gasteiger partial charge in [-0.3, -0.25) is 9.59 Å². The third-order valence-electron chi connectivity index (χ3n) is 5.59. The number of aromatic nitrogens is 1. The van der Waals surface area contributed by atoms with Crippen molar-refractivity contribution in [3.63, 3.8) is 0 Å². The molecule has 1 amide bonds. The lowest BCUT2D eigenvalue weighted by molar-refractivity contribution is -0.131. The first kappa shape index (κ1) is 20.8. The molecule has 3 rings (SSSR count). The van der Waals surface area contributed by atoms with Gasteiger partial charge >= 0.3 is 0 Å². The summed E-state index contributed by atoms with van der Waals surface area (Å²) in [6.07, 6.45) is 0.320. The predicted molar refractivity (Wildman–Crippen MR) is 120 cm³/mol. The molecule has 0 aliphatic rings. The standard InChI is InChI=1S/C25H30N2O2/c1-6-26(7-2)24(28)12-13-27-23-15-18(4)14-19(5)21(23)16-22(25(27)29)20-10-8-17(3)9-11-20/h8-11,14-16H,6-7,12-13H2,1-5H3. The average molecular weight is 391 g/mol. The summed E-state index contributed by atoms with van der Waals surface area (Å²) in [6.45, 7) is 11.9. The van der Waals surface area contributed by atoms with Crippen LogP contribution in [0.3, 0.4) is 0 Å². The molecule has 2 aromatic carbocycles. The zero-order valence-electron chi connectivity index (χ0n) is 18.1. The normalized spacial score (nSPS) is 11.1. The summed E-state index contributed by atoms with van der Waals surface area (Å²) in [7, 11) is 0. The number of amides is 1. The highest BCUT2D eigenvalue weighted by Crippen LogP contribution is 2.25. The molecule has 0 N–H and O–H groups in total. The van der Waals surface area contributed by atoms with Crippen LogP contribution in [0.25, 0.3) is 22.0 Å². The zero-order valence-corrected chi connectivity index (χ0v) is 18.1. The lowest BCUT2D eigenvalue weighted by Crippen LogP contribution is -2.32. The van der Waals surface area contributed by atoms with Gasteiger partial charge in [-0.25, -0.2) is 0 Å². The van der Waals surface area contributed by atoms with E-state index in [4.69, 9.17) is 0 Å². The molecular weight excluding hydrogens is 360 g/mol. The molecule has 3 aromatic rings. The number of pyridine rings is 1. The first-order valence-electron chi connectivity index (χ1n) is 10.3. The number of benzene rings is 2. The van der Waals surface area contributed by atoms with E-state index in [1.807, 2.05) is 69.0 Å². The largest absolute Gasteiger partial charge is 0.343 e. The quantitative estimate of drug-likeness (QED) is 0.604. The highest BCUT2D eigenvalue weighted by Gasteiger charge is 2.15. The van der Waals surface area contributed by atoms with Crippen LogP contribution in [-0.2, 0) is 11.3 Å². The molecule has 29 heavy (non-hydrogen) atoms. The highest BCUT2D eigenvalue weighted by atomic mass is 16.2. The summed E-state index contributed by atoms with van der Waals surface area (Å²) in [5, 5.41) is 1.06. The average Bonchev–Trinajstić information content (AvgIpc) is 2.69. The first-order chi connectivity index (χ1) is 13.8. The Balaban J connectivity index is 2.15. The van der Waals surface area contributed by atoms with Crippen molar-refractivity contribution in [1.29, 1.82) is 0 Å². The van der Waals surface area contributed by atoms with Crippen molar-refractivity contribution < 1.29 is 4.79 Å². The highest BCUT2D eigenvalue weighted by molar-refractivity contribution is 5.87. The van der Waals surface area contributed by atoms with Crippen LogP contribution in [0.15, 0.2) is 47.3 Å². The van der Waals surface area contributed by atoms with E-state index in [9.17, 15) is 9.59 Å². The molecule has 0 atom stereocenters. The third-order valence-corrected chi connectivity index (χ3v) is 5.59. The maximum atomic E-state index is 13.5. The van der Waals surface area contributed by atoms with Crippen LogP contribution in [0.5, 0.6) is 0 Å². The van der Waals surface area contributed by atoms with Crippen molar-refractivity contribution in [2.75, 3.05) is 13.1 Å². The molecule has 4 heteroatoms. The molecule has 0 unspecified atom stereocenters. The summed E-state index contributed by atoms with van der Waals surface area (Å²) in [6, 6.07) is 14.2. The lowest BCUT2D eigenvalue weighted by Gasteiger charge is -2.20. The maximum absolute atomic E-state index is 13.5. The number of fused-ring (bicyclic) bond motifs is 1. The number of rotatable bonds is 6. The number of aryl methyl sites for hydroxylation is 4. The van der Waals surface area contributed by atoms with Gasteiger partial charge in [0.2, 0.25) is 5.91 Å². The van der Waals surface area contributed by atoms with Crippen LogP contribution >= 0.6 is 0 Å². The van der Waals surface area contributed by atoms with E-state index in [0.29, 0.717) is 31.6 Å². The SMILES string of the molecule is CCN(CC)C(=O)CCn1c(=O)c(-c2ccc(C)cc2)cc2c(C)cc(C)cc21. The molecule has 1 aromatic heterocycles. The van der Waals surface area contributed by atoms with Crippen LogP contribution in [-0.4, -0.2) is 28.5 Å². The van der Waals surface area contributed by atoms with Gasteiger partial charge in [-0.2, -0.15) is 0 Å². The van der Waals surface area contributed by atoms with Gasteiger partial charge in [-0.1, -0.05) is 35.9 Å². The van der Waals surface area contributed by atoms with Crippen molar-refractivity contribution in [1.82, 2.24) is 9.47 Å². The molecule has 0 radical (unpaired) electrons. The van der Waals surface area contributed by atoms with E-state index in [1.165, 1.54) is 0 Å². The lowest BCUT2D eigenvalue weighted by atomic mass is 10.00. The van der Waals surface area contributed by atoms with E-state index in [-0.39, 0.29) is 11.5 Å². The molecule has 0 bridgehead atoms. The summed E-state index contributed by atoms with van der Waals surface area (Å²) in [4.78, 5) is 27.8. The molecule has 0 spiro atoms. The molecule has 4 nitrogen and oxygen atoms in total. The van der Waals surface area contributed by atoms with Crippen LogP contribution in [0.1, 0.15) is 37.0 Å². The minimum atomic E-state index is -0.0429. The molecule has 0 aliphatic carbocycles. The fraction of sp³-hybridized carbons (Fsp3) is 0.360. The van der Waals surface area contributed by atoms with Crippen molar-refractivity contribution >= 4 is 16.8 Å². The van der Waals surface area contributed by atoms with Crippen LogP contribution in [0.2, 0.25) is 0 Å². The number of hydrogen-bond acceptors (Lipinski definition) is 2. The van der Waals surface area contributed by atoms with Gasteiger partial charge in [-0.05, 0) is 63.4 Å². The van der Waals surface area contributed by atoms with Gasteiger partial charge < -0.3 is 9.47 Å². The molecule has 152 valence electrons. The molecule has 0 saturated heterocycles. The van der Waals surface area contributed by atoms with Crippen molar-refractivity contribution in [2.45, 2.75) is 47.6 Å². The van der Waals surface area contributed by atoms with E-state index < -0.39 is 0 Å². The summed E-state index contributed by atoms with van der Waals surface area (Å²) < 4.78 is 1.78. The topological polar surface area (TPSA) is 42.3 Å². The Morgan fingerprint density at radius 3 is 2.21 bits per heavy atom. The molecule has 0 fully saturated rings. The molecule has 1 heterocycles. The molecule has 0 saturated carbocycles. The Hall–Kier alpha value is -2.88. The maximum Gasteiger partial charge on any atom is 0.258 e. The number of nitrogens with zero attached hydrogens (tertiary/aromatic N) is 2. The van der Waals surface area contributed by atoms with Crippen LogP contribution in [0.4, 0.5) is 0 Å². The van der Waals surface area contributed by atoms with Gasteiger partial charge in [0.1, 0.15) is 0 Å². The van der Waals surface area contributed by atoms with E-state index >= 15 is 0 Å². The molecule has 0 aliphatic heterocycles. The molecular formula is C25H30N2O2. The van der Waals surface area contributed by atoms with Crippen molar-refractivity contribution in [3.05, 3.63) is 69.5 Å². The summed E-state index contributed by atoms with van der Waals surface area (Å²) >= 11 is 0. The smallest absolute Gasteiger partial charge is 0.258 e. The Morgan fingerprint density at radius 2 is 1.59 bits per heavy atom. The predicted octanol–water partition coefficient (Wildman–Crippen LogP) is 4.85. The Bertz CT molecular complexity index is 1090. The monoisotopic (exact) mass is 390 g/mol. The van der Waals surface area contributed by atoms with Gasteiger partial charge in [0.15, 0.2) is 0 Å². The summed E-state index contributed by atoms with van der Waals surface area (Å²) in [5.74, 6) is 0.0835. The Labute approximate surface area is 172 Å². The van der Waals surface area contributed by atoms with E-state index in [2.05, 4.69) is 13.0 Å². The van der Waals surface area contributed by atoms with Crippen molar-refractivity contribution in [2.24, 2.45) is 0 Å². The van der Waals surface area contributed by atoms with Gasteiger partial charge in [0.25, 0.3) is 5.56 Å². The van der Waals surface area contributed by atoms with Crippen LogP contribution < -0.4 is 5.56 Å². The minimum absolute atomic E-state index is 0.0429. The van der Waals surface area contributed by atoms with Gasteiger partial charge in [0.05, 0.1) is 5.52 Å².